The molecule has 5 nitrogen and oxygen atoms in total. The highest BCUT2D eigenvalue weighted by Gasteiger charge is 2.50. The fourth-order valence-electron chi connectivity index (χ4n) is 3.68. The molecule has 2 amide bonds. The first-order valence-corrected chi connectivity index (χ1v) is 8.02. The smallest absolute Gasteiger partial charge is 0.247 e. The maximum Gasteiger partial charge on any atom is 0.247 e. The Hall–Kier alpha value is -1.10. The molecule has 1 saturated carbocycles. The lowest BCUT2D eigenvalue weighted by molar-refractivity contribution is -0.164. The van der Waals surface area contributed by atoms with E-state index in [1.54, 1.807) is 16.8 Å². The van der Waals surface area contributed by atoms with Crippen molar-refractivity contribution in [1.82, 2.24) is 9.80 Å². The molecule has 2 N–H and O–H groups in total. The molecule has 0 aromatic heterocycles. The van der Waals surface area contributed by atoms with Gasteiger partial charge in [-0.15, -0.1) is 0 Å². The molecule has 0 atom stereocenters. The van der Waals surface area contributed by atoms with E-state index in [0.717, 1.165) is 25.7 Å². The van der Waals surface area contributed by atoms with Crippen molar-refractivity contribution in [1.29, 1.82) is 0 Å². The summed E-state index contributed by atoms with van der Waals surface area (Å²) in [6.07, 6.45) is 3.79. The molecule has 0 radical (unpaired) electrons. The van der Waals surface area contributed by atoms with Crippen molar-refractivity contribution in [2.45, 2.75) is 52.0 Å². The Bertz CT molecular complexity index is 425. The average Bonchev–Trinajstić information content (AvgIpc) is 2.46. The van der Waals surface area contributed by atoms with Crippen LogP contribution < -0.4 is 5.73 Å². The van der Waals surface area contributed by atoms with E-state index in [1.165, 1.54) is 0 Å². The number of rotatable bonds is 2. The molecule has 120 valence electrons. The first kappa shape index (κ1) is 16.3. The minimum Gasteiger partial charge on any atom is -0.342 e. The lowest BCUT2D eigenvalue weighted by atomic mass is 9.69. The summed E-state index contributed by atoms with van der Waals surface area (Å²) in [5.41, 5.74) is 4.77. The molecule has 0 bridgehead atoms. The van der Waals surface area contributed by atoms with Crippen LogP contribution in [0.3, 0.4) is 0 Å². The van der Waals surface area contributed by atoms with Crippen LogP contribution in [0.2, 0.25) is 0 Å². The molecule has 0 aromatic carbocycles. The molecule has 2 aliphatic rings. The number of nitrogens with zero attached hydrogens (tertiary/aromatic N) is 2. The van der Waals surface area contributed by atoms with E-state index in [1.807, 2.05) is 13.8 Å². The predicted molar refractivity (Wildman–Crippen MR) is 82.5 cm³/mol. The number of amides is 2. The largest absolute Gasteiger partial charge is 0.342 e. The van der Waals surface area contributed by atoms with Crippen LogP contribution >= 0.6 is 0 Å². The zero-order chi connectivity index (χ0) is 15.8. The van der Waals surface area contributed by atoms with E-state index in [9.17, 15) is 9.59 Å². The van der Waals surface area contributed by atoms with Gasteiger partial charge in [-0.2, -0.15) is 0 Å². The average molecular weight is 295 g/mol. The molecular formula is C16H29N3O2. The summed E-state index contributed by atoms with van der Waals surface area (Å²) in [7, 11) is 1.80. The van der Waals surface area contributed by atoms with E-state index >= 15 is 0 Å². The Morgan fingerprint density at radius 1 is 1.29 bits per heavy atom. The van der Waals surface area contributed by atoms with Crippen molar-refractivity contribution in [2.24, 2.45) is 17.1 Å². The summed E-state index contributed by atoms with van der Waals surface area (Å²) in [5.74, 6) is 0.765. The lowest BCUT2D eigenvalue weighted by Gasteiger charge is -2.49. The Morgan fingerprint density at radius 2 is 1.86 bits per heavy atom. The summed E-state index contributed by atoms with van der Waals surface area (Å²) < 4.78 is 0. The zero-order valence-electron chi connectivity index (χ0n) is 13.8. The van der Waals surface area contributed by atoms with Crippen LogP contribution in [0.5, 0.6) is 0 Å². The fourth-order valence-corrected chi connectivity index (χ4v) is 3.68. The molecule has 2 fully saturated rings. The standard InChI is InChI=1S/C16H29N3O2/c1-12-5-7-16(11-17,8-6-12)14(21)19-10-9-18(4)13(20)15(19,2)3/h12H,5-11,17H2,1-4H3. The Kier molecular flexibility index (Phi) is 4.34. The quantitative estimate of drug-likeness (QED) is 0.833. The number of carbonyl (C=O) groups is 2. The van der Waals surface area contributed by atoms with Gasteiger partial charge in [-0.05, 0) is 45.4 Å². The first-order chi connectivity index (χ1) is 9.74. The molecular weight excluding hydrogens is 266 g/mol. The van der Waals surface area contributed by atoms with Crippen molar-refractivity contribution in [3.8, 4) is 0 Å². The van der Waals surface area contributed by atoms with Crippen molar-refractivity contribution in [2.75, 3.05) is 26.7 Å². The highest BCUT2D eigenvalue weighted by Crippen LogP contribution is 2.41. The zero-order valence-corrected chi connectivity index (χ0v) is 13.8. The van der Waals surface area contributed by atoms with Gasteiger partial charge in [0, 0.05) is 26.7 Å². The third-order valence-corrected chi connectivity index (χ3v) is 5.52. The summed E-state index contributed by atoms with van der Waals surface area (Å²) in [6.45, 7) is 7.51. The third-order valence-electron chi connectivity index (χ3n) is 5.52. The second-order valence-electron chi connectivity index (χ2n) is 7.41. The molecule has 21 heavy (non-hydrogen) atoms. The predicted octanol–water partition coefficient (Wildman–Crippen LogP) is 1.22. The number of hydrogen-bond acceptors (Lipinski definition) is 3. The summed E-state index contributed by atoms with van der Waals surface area (Å²) >= 11 is 0. The van der Waals surface area contributed by atoms with E-state index in [4.69, 9.17) is 5.73 Å². The van der Waals surface area contributed by atoms with Crippen molar-refractivity contribution in [3.63, 3.8) is 0 Å². The molecule has 1 aliphatic heterocycles. The molecule has 1 aliphatic carbocycles. The summed E-state index contributed by atoms with van der Waals surface area (Å²) in [6, 6.07) is 0. The van der Waals surface area contributed by atoms with Gasteiger partial charge in [0.15, 0.2) is 0 Å². The van der Waals surface area contributed by atoms with Crippen molar-refractivity contribution in [3.05, 3.63) is 0 Å². The second kappa shape index (κ2) is 5.59. The number of piperazine rings is 1. The van der Waals surface area contributed by atoms with Gasteiger partial charge < -0.3 is 15.5 Å². The SMILES string of the molecule is CC1CCC(CN)(C(=O)N2CCN(C)C(=O)C2(C)C)CC1. The van der Waals surface area contributed by atoms with Crippen LogP contribution in [0.4, 0.5) is 0 Å². The highest BCUT2D eigenvalue weighted by molar-refractivity contribution is 5.93. The van der Waals surface area contributed by atoms with Gasteiger partial charge in [0.2, 0.25) is 11.8 Å². The third kappa shape index (κ3) is 2.68. The van der Waals surface area contributed by atoms with Crippen LogP contribution in [-0.4, -0.2) is 53.8 Å². The Labute approximate surface area is 127 Å². The Balaban J connectivity index is 2.23. The Morgan fingerprint density at radius 3 is 2.38 bits per heavy atom. The van der Waals surface area contributed by atoms with Crippen molar-refractivity contribution < 1.29 is 9.59 Å². The van der Waals surface area contributed by atoms with Gasteiger partial charge in [-0.25, -0.2) is 0 Å². The molecule has 1 saturated heterocycles. The van der Waals surface area contributed by atoms with E-state index in [2.05, 4.69) is 6.92 Å². The van der Waals surface area contributed by atoms with Crippen molar-refractivity contribution >= 4 is 11.8 Å². The van der Waals surface area contributed by atoms with Gasteiger partial charge in [0.25, 0.3) is 0 Å². The second-order valence-corrected chi connectivity index (χ2v) is 7.41. The normalized spacial score (nSPS) is 33.2. The monoisotopic (exact) mass is 295 g/mol. The maximum absolute atomic E-state index is 13.2. The number of carbonyl (C=O) groups excluding carboxylic acids is 2. The maximum atomic E-state index is 13.2. The van der Waals surface area contributed by atoms with Gasteiger partial charge in [0.1, 0.15) is 5.54 Å². The molecule has 0 unspecified atom stereocenters. The lowest BCUT2D eigenvalue weighted by Crippen LogP contribution is -2.66. The van der Waals surface area contributed by atoms with E-state index in [0.29, 0.717) is 25.6 Å². The van der Waals surface area contributed by atoms with E-state index < -0.39 is 11.0 Å². The molecule has 2 rings (SSSR count). The van der Waals surface area contributed by atoms with Crippen LogP contribution in [-0.2, 0) is 9.59 Å². The fraction of sp³-hybridized carbons (Fsp3) is 0.875. The number of nitrogens with two attached hydrogens (primary N) is 1. The van der Waals surface area contributed by atoms with Gasteiger partial charge >= 0.3 is 0 Å². The molecule has 0 aromatic rings. The first-order valence-electron chi connectivity index (χ1n) is 8.02. The van der Waals surface area contributed by atoms with Crippen LogP contribution in [0.25, 0.3) is 0 Å². The molecule has 5 heteroatoms. The highest BCUT2D eigenvalue weighted by atomic mass is 16.2. The van der Waals surface area contributed by atoms with Crippen LogP contribution in [0.1, 0.15) is 46.5 Å². The van der Waals surface area contributed by atoms with E-state index in [-0.39, 0.29) is 11.8 Å². The number of likely N-dealkylation sites (N-methyl/N-ethyl adjacent to an activating group) is 1. The number of hydrogen-bond donors (Lipinski definition) is 1. The minimum absolute atomic E-state index is 0.0125. The van der Waals surface area contributed by atoms with Crippen LogP contribution in [0.15, 0.2) is 0 Å². The summed E-state index contributed by atoms with van der Waals surface area (Å²) in [4.78, 5) is 29.0. The topological polar surface area (TPSA) is 66.6 Å². The van der Waals surface area contributed by atoms with Gasteiger partial charge in [0.05, 0.1) is 5.41 Å². The van der Waals surface area contributed by atoms with Gasteiger partial charge in [-0.1, -0.05) is 6.92 Å². The van der Waals surface area contributed by atoms with Gasteiger partial charge in [-0.3, -0.25) is 9.59 Å². The van der Waals surface area contributed by atoms with Crippen LogP contribution in [0, 0.1) is 11.3 Å². The molecule has 1 heterocycles. The molecule has 0 spiro atoms. The minimum atomic E-state index is -0.769. The summed E-state index contributed by atoms with van der Waals surface area (Å²) in [5, 5.41) is 0.